The van der Waals surface area contributed by atoms with E-state index in [0.717, 1.165) is 0 Å². The van der Waals surface area contributed by atoms with Gasteiger partial charge in [-0.25, -0.2) is 0 Å². The topological polar surface area (TPSA) is 52.6 Å². The summed E-state index contributed by atoms with van der Waals surface area (Å²) in [6, 6.07) is 0. The van der Waals surface area contributed by atoms with Crippen molar-refractivity contribution in [2.75, 3.05) is 13.7 Å². The Morgan fingerprint density at radius 3 is 2.00 bits per heavy atom. The molecule has 0 rings (SSSR count). The first-order valence-corrected chi connectivity index (χ1v) is 6.02. The quantitative estimate of drug-likeness (QED) is 0.531. The molecule has 0 aliphatic rings. The number of carbonyl (C=O) groups excluding carboxylic acids is 2. The molecule has 0 heterocycles. The average molecular weight is 244 g/mol. The van der Waals surface area contributed by atoms with E-state index in [-0.39, 0.29) is 17.8 Å². The van der Waals surface area contributed by atoms with Crippen molar-refractivity contribution in [2.45, 2.75) is 47.1 Å². The number of ketones is 1. The summed E-state index contributed by atoms with van der Waals surface area (Å²) in [6.07, 6.45) is -0.148. The largest absolute Gasteiger partial charge is 0.465 e. The van der Waals surface area contributed by atoms with Crippen LogP contribution >= 0.6 is 0 Å². The maximum atomic E-state index is 12.2. The highest BCUT2D eigenvalue weighted by atomic mass is 16.5. The summed E-state index contributed by atoms with van der Waals surface area (Å²) in [7, 11) is 1.49. The maximum Gasteiger partial charge on any atom is 0.316 e. The van der Waals surface area contributed by atoms with Crippen molar-refractivity contribution < 1.29 is 19.1 Å². The van der Waals surface area contributed by atoms with E-state index in [4.69, 9.17) is 9.47 Å². The van der Waals surface area contributed by atoms with Gasteiger partial charge in [0.15, 0.2) is 5.78 Å². The predicted molar refractivity (Wildman–Crippen MR) is 65.7 cm³/mol. The van der Waals surface area contributed by atoms with Crippen LogP contribution in [0.4, 0.5) is 0 Å². The van der Waals surface area contributed by atoms with E-state index in [2.05, 4.69) is 0 Å². The number of methoxy groups -OCH3 is 1. The van der Waals surface area contributed by atoms with Gasteiger partial charge in [-0.1, -0.05) is 27.7 Å². The molecule has 2 atom stereocenters. The molecule has 0 radical (unpaired) electrons. The van der Waals surface area contributed by atoms with Crippen LogP contribution in [0.1, 0.15) is 41.0 Å². The van der Waals surface area contributed by atoms with Crippen molar-refractivity contribution in [1.82, 2.24) is 0 Å². The summed E-state index contributed by atoms with van der Waals surface area (Å²) < 4.78 is 10.1. The van der Waals surface area contributed by atoms with E-state index >= 15 is 0 Å². The molecule has 0 fully saturated rings. The molecular formula is C13H24O4. The minimum absolute atomic E-state index is 0.194. The Bertz CT molecular complexity index is 265. The molecule has 0 aromatic carbocycles. The highest BCUT2D eigenvalue weighted by molar-refractivity contribution is 6.01. The molecule has 100 valence electrons. The van der Waals surface area contributed by atoms with Crippen LogP contribution in [0.3, 0.4) is 0 Å². The Morgan fingerprint density at radius 1 is 1.18 bits per heavy atom. The fourth-order valence-electron chi connectivity index (χ4n) is 1.81. The van der Waals surface area contributed by atoms with Gasteiger partial charge < -0.3 is 9.47 Å². The van der Waals surface area contributed by atoms with Gasteiger partial charge in [-0.3, -0.25) is 9.59 Å². The lowest BCUT2D eigenvalue weighted by Gasteiger charge is -2.30. The number of hydrogen-bond donors (Lipinski definition) is 0. The standard InChI is InChI=1S/C13H24O4/c1-7-9(12(15)17-8-2)10(14)11(16-6)13(3,4)5/h9,11H,7-8H2,1-6H3. The molecule has 4 nitrogen and oxygen atoms in total. The van der Waals surface area contributed by atoms with Gasteiger partial charge in [0, 0.05) is 7.11 Å². The van der Waals surface area contributed by atoms with E-state index < -0.39 is 18.0 Å². The summed E-state index contributed by atoms with van der Waals surface area (Å²) in [5.74, 6) is -1.37. The third-order valence-electron chi connectivity index (χ3n) is 2.60. The molecule has 0 aliphatic heterocycles. The van der Waals surface area contributed by atoms with Crippen LogP contribution in [0.2, 0.25) is 0 Å². The number of esters is 1. The Labute approximate surface area is 104 Å². The zero-order valence-electron chi connectivity index (χ0n) is 11.7. The first-order chi connectivity index (χ1) is 7.79. The van der Waals surface area contributed by atoms with Crippen LogP contribution in [0, 0.1) is 11.3 Å². The predicted octanol–water partition coefficient (Wildman–Crippen LogP) is 2.21. The number of hydrogen-bond acceptors (Lipinski definition) is 4. The number of Topliss-reactive ketones (excluding diaryl/α,β-unsaturated/α-hetero) is 1. The summed E-state index contributed by atoms with van der Waals surface area (Å²) in [4.78, 5) is 23.9. The molecule has 0 bridgehead atoms. The maximum absolute atomic E-state index is 12.2. The van der Waals surface area contributed by atoms with E-state index in [1.807, 2.05) is 20.8 Å². The van der Waals surface area contributed by atoms with Gasteiger partial charge in [0.25, 0.3) is 0 Å². The number of ether oxygens (including phenoxy) is 2. The third-order valence-corrected chi connectivity index (χ3v) is 2.60. The summed E-state index contributed by atoms with van der Waals surface area (Å²) in [5, 5.41) is 0. The van der Waals surface area contributed by atoms with Crippen LogP contribution in [0.5, 0.6) is 0 Å². The smallest absolute Gasteiger partial charge is 0.316 e. The Morgan fingerprint density at radius 2 is 1.71 bits per heavy atom. The van der Waals surface area contributed by atoms with Gasteiger partial charge in [0.2, 0.25) is 0 Å². The van der Waals surface area contributed by atoms with Crippen LogP contribution < -0.4 is 0 Å². The second-order valence-corrected chi connectivity index (χ2v) is 5.10. The van der Waals surface area contributed by atoms with Gasteiger partial charge in [0.1, 0.15) is 12.0 Å². The van der Waals surface area contributed by atoms with Gasteiger partial charge in [-0.15, -0.1) is 0 Å². The molecule has 4 heteroatoms. The summed E-state index contributed by atoms with van der Waals surface area (Å²) in [6.45, 7) is 9.56. The highest BCUT2D eigenvalue weighted by Crippen LogP contribution is 2.26. The van der Waals surface area contributed by atoms with Crippen molar-refractivity contribution in [1.29, 1.82) is 0 Å². The van der Waals surface area contributed by atoms with Crippen molar-refractivity contribution in [2.24, 2.45) is 11.3 Å². The van der Waals surface area contributed by atoms with Crippen LogP contribution in [-0.2, 0) is 19.1 Å². The molecule has 0 aromatic heterocycles. The summed E-state index contributed by atoms with van der Waals surface area (Å²) >= 11 is 0. The lowest BCUT2D eigenvalue weighted by atomic mass is 9.81. The minimum atomic E-state index is -0.723. The molecule has 0 spiro atoms. The van der Waals surface area contributed by atoms with Crippen molar-refractivity contribution in [3.05, 3.63) is 0 Å². The first-order valence-electron chi connectivity index (χ1n) is 6.02. The fourth-order valence-corrected chi connectivity index (χ4v) is 1.81. The second-order valence-electron chi connectivity index (χ2n) is 5.10. The SMILES string of the molecule is CCOC(=O)C(CC)C(=O)C(OC)C(C)(C)C. The van der Waals surface area contributed by atoms with Crippen LogP contribution in [-0.4, -0.2) is 31.6 Å². The van der Waals surface area contributed by atoms with Crippen LogP contribution in [0.15, 0.2) is 0 Å². The lowest BCUT2D eigenvalue weighted by molar-refractivity contribution is -0.156. The monoisotopic (exact) mass is 244 g/mol. The summed E-state index contributed by atoms with van der Waals surface area (Å²) in [5.41, 5.74) is -0.328. The van der Waals surface area contributed by atoms with E-state index in [1.54, 1.807) is 13.8 Å². The van der Waals surface area contributed by atoms with Crippen molar-refractivity contribution in [3.8, 4) is 0 Å². The Balaban J connectivity index is 4.90. The molecule has 0 amide bonds. The van der Waals surface area contributed by atoms with Gasteiger partial charge in [-0.05, 0) is 18.8 Å². The number of rotatable bonds is 6. The van der Waals surface area contributed by atoms with Gasteiger partial charge in [0.05, 0.1) is 6.61 Å². The van der Waals surface area contributed by atoms with E-state index in [1.165, 1.54) is 7.11 Å². The van der Waals surface area contributed by atoms with E-state index in [0.29, 0.717) is 6.42 Å². The normalized spacial score (nSPS) is 15.2. The van der Waals surface area contributed by atoms with Crippen molar-refractivity contribution in [3.63, 3.8) is 0 Å². The zero-order chi connectivity index (χ0) is 13.6. The minimum Gasteiger partial charge on any atom is -0.465 e. The Hall–Kier alpha value is -0.900. The van der Waals surface area contributed by atoms with Crippen LogP contribution in [0.25, 0.3) is 0 Å². The molecule has 17 heavy (non-hydrogen) atoms. The highest BCUT2D eigenvalue weighted by Gasteiger charge is 2.38. The molecular weight excluding hydrogens is 220 g/mol. The van der Waals surface area contributed by atoms with E-state index in [9.17, 15) is 9.59 Å². The fraction of sp³-hybridized carbons (Fsp3) is 0.846. The molecule has 0 aliphatic carbocycles. The Kier molecular flexibility index (Phi) is 6.39. The number of carbonyl (C=O) groups is 2. The molecule has 0 saturated heterocycles. The van der Waals surface area contributed by atoms with Gasteiger partial charge >= 0.3 is 5.97 Å². The van der Waals surface area contributed by atoms with Gasteiger partial charge in [-0.2, -0.15) is 0 Å². The molecule has 2 unspecified atom stereocenters. The molecule has 0 aromatic rings. The third kappa shape index (κ3) is 4.46. The molecule has 0 saturated carbocycles. The zero-order valence-corrected chi connectivity index (χ0v) is 11.7. The first kappa shape index (κ1) is 16.1. The average Bonchev–Trinajstić information content (AvgIpc) is 2.17. The lowest BCUT2D eigenvalue weighted by Crippen LogP contribution is -2.42. The molecule has 0 N–H and O–H groups in total. The second kappa shape index (κ2) is 6.74. The van der Waals surface area contributed by atoms with Crippen molar-refractivity contribution >= 4 is 11.8 Å².